The van der Waals surface area contributed by atoms with E-state index < -0.39 is 47.6 Å². The third-order valence-electron chi connectivity index (χ3n) is 4.41. The number of carbonyl (C=O) groups is 7. The molecule has 0 aliphatic carbocycles. The maximum absolute atomic E-state index is 12.1. The molecule has 0 bridgehead atoms. The molecule has 2 atom stereocenters. The normalized spacial score (nSPS) is 14.3. The van der Waals surface area contributed by atoms with Gasteiger partial charge in [0.05, 0.1) is 0 Å². The summed E-state index contributed by atoms with van der Waals surface area (Å²) in [6.07, 6.45) is 2.59. The molecule has 0 aromatic carbocycles. The molecule has 13 nitrogen and oxygen atoms in total. The molecule has 0 aromatic rings. The molecule has 0 radical (unpaired) electrons. The fraction of sp³-hybridized carbons (Fsp3) is 0.550. The van der Waals surface area contributed by atoms with Crippen LogP contribution in [0.25, 0.3) is 0 Å². The van der Waals surface area contributed by atoms with Gasteiger partial charge in [0.25, 0.3) is 11.8 Å². The molecule has 0 saturated heterocycles. The highest BCUT2D eigenvalue weighted by Gasteiger charge is 2.23. The molecule has 33 heavy (non-hydrogen) atoms. The van der Waals surface area contributed by atoms with Crippen molar-refractivity contribution in [3.8, 4) is 0 Å². The van der Waals surface area contributed by atoms with Crippen molar-refractivity contribution in [2.45, 2.75) is 52.1 Å². The summed E-state index contributed by atoms with van der Waals surface area (Å²) in [5.41, 5.74) is 0. The number of amides is 6. The lowest BCUT2D eigenvalue weighted by Gasteiger charge is -2.18. The molecule has 13 heteroatoms. The molecule has 6 amide bonds. The largest absolute Gasteiger partial charge is 0.445 e. The molecule has 0 unspecified atom stereocenters. The lowest BCUT2D eigenvalue weighted by atomic mass is 10.2. The SMILES string of the molecule is CC(=O)OCNC(=O)[C@H](C)NC(=O)[C@H](C)NC(=O)CCCNC(=O)CCN1C(=O)C=CC1=O. The van der Waals surface area contributed by atoms with Gasteiger partial charge in [0.2, 0.25) is 23.6 Å². The van der Waals surface area contributed by atoms with Gasteiger partial charge in [-0.15, -0.1) is 0 Å². The van der Waals surface area contributed by atoms with Crippen LogP contribution < -0.4 is 21.3 Å². The number of carbonyl (C=O) groups excluding carboxylic acids is 7. The second-order valence-electron chi connectivity index (χ2n) is 7.21. The summed E-state index contributed by atoms with van der Waals surface area (Å²) >= 11 is 0. The third-order valence-corrected chi connectivity index (χ3v) is 4.41. The number of nitrogens with zero attached hydrogens (tertiary/aromatic N) is 1. The molecule has 0 spiro atoms. The molecule has 0 saturated carbocycles. The van der Waals surface area contributed by atoms with Crippen LogP contribution in [0, 0.1) is 0 Å². The highest BCUT2D eigenvalue weighted by Crippen LogP contribution is 2.04. The van der Waals surface area contributed by atoms with Crippen molar-refractivity contribution in [1.29, 1.82) is 0 Å². The summed E-state index contributed by atoms with van der Waals surface area (Å²) in [6, 6.07) is -1.82. The van der Waals surface area contributed by atoms with Crippen LogP contribution in [0.2, 0.25) is 0 Å². The summed E-state index contributed by atoms with van der Waals surface area (Å²) in [4.78, 5) is 82.1. The minimum absolute atomic E-state index is 0.0240. The van der Waals surface area contributed by atoms with E-state index in [1.54, 1.807) is 0 Å². The van der Waals surface area contributed by atoms with Crippen molar-refractivity contribution < 1.29 is 38.3 Å². The Bertz CT molecular complexity index is 807. The first-order valence-electron chi connectivity index (χ1n) is 10.3. The molecular weight excluding hydrogens is 438 g/mol. The molecule has 182 valence electrons. The smallest absolute Gasteiger partial charge is 0.304 e. The van der Waals surface area contributed by atoms with Gasteiger partial charge in [0.1, 0.15) is 12.1 Å². The Morgan fingerprint density at radius 1 is 0.879 bits per heavy atom. The zero-order chi connectivity index (χ0) is 25.0. The van der Waals surface area contributed by atoms with Crippen LogP contribution in [0.15, 0.2) is 12.2 Å². The lowest BCUT2D eigenvalue weighted by Crippen LogP contribution is -2.51. The Morgan fingerprint density at radius 3 is 2.09 bits per heavy atom. The van der Waals surface area contributed by atoms with Gasteiger partial charge in [0.15, 0.2) is 6.73 Å². The van der Waals surface area contributed by atoms with Crippen molar-refractivity contribution in [2.75, 3.05) is 19.8 Å². The third kappa shape index (κ3) is 10.4. The number of hydrogen-bond donors (Lipinski definition) is 4. The van der Waals surface area contributed by atoms with Gasteiger partial charge in [-0.25, -0.2) is 0 Å². The van der Waals surface area contributed by atoms with E-state index in [2.05, 4.69) is 26.0 Å². The maximum Gasteiger partial charge on any atom is 0.304 e. The average molecular weight is 467 g/mol. The number of nitrogens with one attached hydrogen (secondary N) is 4. The summed E-state index contributed by atoms with van der Waals surface area (Å²) < 4.78 is 4.58. The van der Waals surface area contributed by atoms with E-state index in [-0.39, 0.29) is 38.6 Å². The van der Waals surface area contributed by atoms with E-state index in [0.29, 0.717) is 6.42 Å². The average Bonchev–Trinajstić information content (AvgIpc) is 3.06. The number of esters is 1. The van der Waals surface area contributed by atoms with Crippen LogP contribution in [-0.4, -0.2) is 78.2 Å². The highest BCUT2D eigenvalue weighted by atomic mass is 16.5. The molecule has 1 aliphatic rings. The quantitative estimate of drug-likeness (QED) is 0.102. The number of rotatable bonds is 13. The van der Waals surface area contributed by atoms with Crippen LogP contribution in [0.1, 0.15) is 40.0 Å². The van der Waals surface area contributed by atoms with Gasteiger partial charge < -0.3 is 26.0 Å². The summed E-state index contributed by atoms with van der Waals surface area (Å²) in [5.74, 6) is -3.40. The minimum Gasteiger partial charge on any atom is -0.445 e. The van der Waals surface area contributed by atoms with Gasteiger partial charge in [0, 0.05) is 45.0 Å². The second kappa shape index (κ2) is 13.6. The Balaban J connectivity index is 2.20. The van der Waals surface area contributed by atoms with Gasteiger partial charge in [-0.05, 0) is 20.3 Å². The van der Waals surface area contributed by atoms with Gasteiger partial charge >= 0.3 is 5.97 Å². The topological polar surface area (TPSA) is 180 Å². The molecule has 1 heterocycles. The predicted octanol–water partition coefficient (Wildman–Crippen LogP) is -2.16. The molecule has 0 aromatic heterocycles. The minimum atomic E-state index is -0.912. The van der Waals surface area contributed by atoms with Crippen molar-refractivity contribution in [3.05, 3.63) is 12.2 Å². The zero-order valence-corrected chi connectivity index (χ0v) is 18.8. The Morgan fingerprint density at radius 2 is 1.48 bits per heavy atom. The monoisotopic (exact) mass is 467 g/mol. The summed E-state index contributed by atoms with van der Waals surface area (Å²) in [7, 11) is 0. The Kier molecular flexibility index (Phi) is 11.2. The molecule has 4 N–H and O–H groups in total. The van der Waals surface area contributed by atoms with Crippen LogP contribution in [0.5, 0.6) is 0 Å². The molecular formula is C20H29N5O8. The van der Waals surface area contributed by atoms with Crippen molar-refractivity contribution in [1.82, 2.24) is 26.2 Å². The first-order valence-corrected chi connectivity index (χ1v) is 10.3. The first kappa shape index (κ1) is 27.3. The second-order valence-corrected chi connectivity index (χ2v) is 7.21. The van der Waals surface area contributed by atoms with Crippen LogP contribution in [0.3, 0.4) is 0 Å². The van der Waals surface area contributed by atoms with Crippen LogP contribution in [-0.2, 0) is 38.3 Å². The number of ether oxygens (including phenoxy) is 1. The molecule has 1 aliphatic heterocycles. The highest BCUT2D eigenvalue weighted by molar-refractivity contribution is 6.13. The fourth-order valence-electron chi connectivity index (χ4n) is 2.58. The van der Waals surface area contributed by atoms with E-state index in [9.17, 15) is 33.6 Å². The van der Waals surface area contributed by atoms with Crippen molar-refractivity contribution >= 4 is 41.4 Å². The van der Waals surface area contributed by atoms with E-state index >= 15 is 0 Å². The maximum atomic E-state index is 12.1. The lowest BCUT2D eigenvalue weighted by molar-refractivity contribution is -0.143. The summed E-state index contributed by atoms with van der Waals surface area (Å²) in [6.45, 7) is 3.94. The van der Waals surface area contributed by atoms with Gasteiger partial charge in [-0.1, -0.05) is 0 Å². The predicted molar refractivity (Wildman–Crippen MR) is 113 cm³/mol. The first-order chi connectivity index (χ1) is 15.5. The van der Waals surface area contributed by atoms with E-state index in [1.165, 1.54) is 20.8 Å². The van der Waals surface area contributed by atoms with E-state index in [4.69, 9.17) is 0 Å². The van der Waals surface area contributed by atoms with Crippen molar-refractivity contribution in [2.24, 2.45) is 0 Å². The van der Waals surface area contributed by atoms with E-state index in [0.717, 1.165) is 17.1 Å². The fourth-order valence-corrected chi connectivity index (χ4v) is 2.58. The Labute approximate surface area is 190 Å². The standard InChI is InChI=1S/C20H29N5O8/c1-12(19(31)22-11-33-14(3)26)24-20(32)13(2)23-16(28)5-4-9-21-15(27)8-10-25-17(29)6-7-18(25)30/h6-7,12-13H,4-5,8-11H2,1-3H3,(H,21,27)(H,22,31)(H,23,28)(H,24,32)/t12-,13-/m0/s1. The van der Waals surface area contributed by atoms with Crippen LogP contribution in [0.4, 0.5) is 0 Å². The van der Waals surface area contributed by atoms with E-state index in [1.807, 2.05) is 0 Å². The number of imide groups is 1. The zero-order valence-electron chi connectivity index (χ0n) is 18.8. The number of hydrogen-bond acceptors (Lipinski definition) is 8. The molecule has 1 rings (SSSR count). The molecule has 0 fully saturated rings. The Hall–Kier alpha value is -3.77. The summed E-state index contributed by atoms with van der Waals surface area (Å²) in [5, 5.41) is 9.82. The van der Waals surface area contributed by atoms with Crippen molar-refractivity contribution in [3.63, 3.8) is 0 Å². The van der Waals surface area contributed by atoms with Crippen LogP contribution >= 0.6 is 0 Å². The van der Waals surface area contributed by atoms with Gasteiger partial charge in [-0.2, -0.15) is 0 Å². The van der Waals surface area contributed by atoms with Gasteiger partial charge in [-0.3, -0.25) is 38.5 Å².